The van der Waals surface area contributed by atoms with Crippen molar-refractivity contribution in [1.82, 2.24) is 0 Å². The molecule has 0 radical (unpaired) electrons. The summed E-state index contributed by atoms with van der Waals surface area (Å²) in [5.41, 5.74) is 7.50. The molecule has 228 valence electrons. The largest absolute Gasteiger partial charge is 0.545 e. The molecule has 0 spiro atoms. The van der Waals surface area contributed by atoms with Gasteiger partial charge in [-0.05, 0) is 84.9 Å². The lowest BCUT2D eigenvalue weighted by atomic mass is 10.2. The first-order valence-corrected chi connectivity index (χ1v) is 14.7. The Hall–Kier alpha value is -6.08. The van der Waals surface area contributed by atoms with Crippen LogP contribution in [0.4, 0.5) is 34.1 Å². The zero-order valence-electron chi connectivity index (χ0n) is 25.1. The Kier molecular flexibility index (Phi) is 12.8. The molecule has 0 aliphatic carbocycles. The second-order valence-corrected chi connectivity index (χ2v) is 9.92. The van der Waals surface area contributed by atoms with Crippen molar-refractivity contribution in [1.29, 1.82) is 0 Å². The van der Waals surface area contributed by atoms with Crippen LogP contribution in [0.1, 0.15) is 0 Å². The highest BCUT2D eigenvalue weighted by molar-refractivity contribution is 5.87. The second-order valence-electron chi connectivity index (χ2n) is 9.92. The van der Waals surface area contributed by atoms with E-state index in [1.165, 1.54) is 43.9 Å². The molecule has 0 fully saturated rings. The van der Waals surface area contributed by atoms with Crippen molar-refractivity contribution < 1.29 is 29.6 Å². The summed E-state index contributed by atoms with van der Waals surface area (Å²) in [6, 6.07) is 63.3. The molecule has 2 N–H and O–H groups in total. The van der Waals surface area contributed by atoms with Crippen molar-refractivity contribution >= 4 is 46.1 Å². The predicted molar refractivity (Wildman–Crippen MR) is 178 cm³/mol. The van der Waals surface area contributed by atoms with Crippen molar-refractivity contribution in [2.45, 2.75) is 0 Å². The Labute approximate surface area is 269 Å². The van der Waals surface area contributed by atoms with E-state index in [9.17, 15) is 19.8 Å². The average Bonchev–Trinajstić information content (AvgIpc) is 3.11. The Bertz CT molecular complexity index is 1440. The van der Waals surface area contributed by atoms with Gasteiger partial charge in [0.1, 0.15) is 34.1 Å². The molecule has 0 unspecified atom stereocenters. The topological polar surface area (TPSA) is 89.1 Å². The summed E-state index contributed by atoms with van der Waals surface area (Å²) in [6.45, 7) is 0. The summed E-state index contributed by atoms with van der Waals surface area (Å²) in [4.78, 5) is 21.4. The summed E-state index contributed by atoms with van der Waals surface area (Å²) in [7, 11) is 0. The van der Waals surface area contributed by atoms with Crippen molar-refractivity contribution in [2.75, 3.05) is 0 Å². The Morgan fingerprint density at radius 1 is 0.326 bits per heavy atom. The van der Waals surface area contributed by atoms with Crippen LogP contribution in [-0.4, -0.2) is 11.9 Å². The molecule has 6 aromatic carbocycles. The van der Waals surface area contributed by atoms with Crippen molar-refractivity contribution in [3.05, 3.63) is 194 Å². The van der Waals surface area contributed by atoms with Gasteiger partial charge >= 0.3 is 0 Å². The fraction of sp³-hybridized carbons (Fsp3) is 0. The third-order valence-corrected chi connectivity index (χ3v) is 6.73. The monoisotopic (exact) mass is 606 g/mol. The molecule has 0 saturated heterocycles. The number of hydrogen-bond acceptors (Lipinski definition) is 4. The van der Waals surface area contributed by atoms with Crippen LogP contribution in [0.15, 0.2) is 194 Å². The number of rotatable bonds is 8. The van der Waals surface area contributed by atoms with E-state index < -0.39 is 11.9 Å². The molecule has 0 bridgehead atoms. The minimum atomic E-state index is -1.55. The van der Waals surface area contributed by atoms with Gasteiger partial charge < -0.3 is 19.8 Å². The van der Waals surface area contributed by atoms with Gasteiger partial charge in [0.05, 0.1) is 11.9 Å². The molecule has 0 amide bonds. The molecule has 0 heterocycles. The van der Waals surface area contributed by atoms with Gasteiger partial charge in [-0.15, -0.1) is 0 Å². The van der Waals surface area contributed by atoms with E-state index in [0.29, 0.717) is 12.2 Å². The smallest absolute Gasteiger partial charge is 0.141 e. The molecule has 0 atom stereocenters. The van der Waals surface area contributed by atoms with Crippen LogP contribution >= 0.6 is 0 Å². The Morgan fingerprint density at radius 3 is 0.609 bits per heavy atom. The van der Waals surface area contributed by atoms with E-state index in [-0.39, 0.29) is 0 Å². The molecule has 6 nitrogen and oxygen atoms in total. The lowest BCUT2D eigenvalue weighted by Crippen LogP contribution is -2.96. The number of carbonyl (C=O) groups excluding carboxylic acids is 2. The molecule has 0 aliphatic heterocycles. The quantitative estimate of drug-likeness (QED) is 0.244. The molecule has 0 aromatic heterocycles. The van der Waals surface area contributed by atoms with Crippen molar-refractivity contribution in [2.24, 2.45) is 0 Å². The highest BCUT2D eigenvalue weighted by atomic mass is 16.4. The summed E-state index contributed by atoms with van der Waals surface area (Å²) < 4.78 is 0. The summed E-state index contributed by atoms with van der Waals surface area (Å²) in [5, 5.41) is 18.8. The van der Waals surface area contributed by atoms with E-state index >= 15 is 0 Å². The van der Waals surface area contributed by atoms with E-state index in [4.69, 9.17) is 0 Å². The number of quaternary nitrogens is 2. The van der Waals surface area contributed by atoms with Gasteiger partial charge in [0, 0.05) is 0 Å². The molecular formula is C40H34N2O4. The van der Waals surface area contributed by atoms with E-state index in [1.807, 2.05) is 0 Å². The average molecular weight is 607 g/mol. The maximum Gasteiger partial charge on any atom is 0.141 e. The Balaban J connectivity index is 0.000000170. The van der Waals surface area contributed by atoms with Gasteiger partial charge in [-0.2, -0.15) is 0 Å². The fourth-order valence-corrected chi connectivity index (χ4v) is 4.76. The number of carboxylic acids is 2. The predicted octanol–water partition coefficient (Wildman–Crippen LogP) is 4.78. The van der Waals surface area contributed by atoms with E-state index in [1.54, 1.807) is 0 Å². The third kappa shape index (κ3) is 10.3. The lowest BCUT2D eigenvalue weighted by molar-refractivity contribution is -0.681. The maximum absolute atomic E-state index is 9.41. The summed E-state index contributed by atoms with van der Waals surface area (Å²) >= 11 is 0. The van der Waals surface area contributed by atoms with Gasteiger partial charge in [-0.3, -0.25) is 0 Å². The zero-order chi connectivity index (χ0) is 32.4. The third-order valence-electron chi connectivity index (χ3n) is 6.73. The molecule has 46 heavy (non-hydrogen) atoms. The first kappa shape index (κ1) is 32.8. The van der Waals surface area contributed by atoms with Crippen molar-refractivity contribution in [3.8, 4) is 0 Å². The molecule has 0 saturated carbocycles. The van der Waals surface area contributed by atoms with Crippen LogP contribution in [0.25, 0.3) is 0 Å². The number of carbonyl (C=O) groups is 2. The van der Waals surface area contributed by atoms with Crippen LogP contribution < -0.4 is 20.0 Å². The number of benzene rings is 6. The molecule has 6 aromatic rings. The van der Waals surface area contributed by atoms with Crippen LogP contribution in [-0.2, 0) is 9.59 Å². The SMILES string of the molecule is O=C([O-])/C=C\C(=O)[O-].c1ccc([NH+](c2ccccc2)c2ccccc2)cc1.c1ccc([NH+](c2ccccc2)c2ccccc2)cc1. The van der Waals surface area contributed by atoms with Crippen LogP contribution in [0.5, 0.6) is 0 Å². The van der Waals surface area contributed by atoms with Crippen molar-refractivity contribution in [3.63, 3.8) is 0 Å². The van der Waals surface area contributed by atoms with Gasteiger partial charge in [0.15, 0.2) is 0 Å². The molecule has 0 aliphatic rings. The highest BCUT2D eigenvalue weighted by Gasteiger charge is 2.18. The standard InChI is InChI=1S/2C18H15N.C4H4O4/c2*1-4-10-16(11-5-1)19(17-12-6-2-7-13-17)18-14-8-3-9-15-18;5-3(6)1-2-4(7)8/h2*1-15H;1-2H,(H,5,6)(H,7,8)/b;;2-1-. The van der Waals surface area contributed by atoms with Crippen LogP contribution in [0, 0.1) is 0 Å². The molecule has 6 rings (SSSR count). The Morgan fingerprint density at radius 2 is 0.478 bits per heavy atom. The lowest BCUT2D eigenvalue weighted by Gasteiger charge is -2.18. The van der Waals surface area contributed by atoms with Gasteiger partial charge in [-0.1, -0.05) is 109 Å². The number of hydrogen-bond donors (Lipinski definition) is 2. The van der Waals surface area contributed by atoms with Gasteiger partial charge in [0.2, 0.25) is 0 Å². The number of carboxylic acid groups (broad SMARTS) is 2. The van der Waals surface area contributed by atoms with E-state index in [2.05, 4.69) is 182 Å². The summed E-state index contributed by atoms with van der Waals surface area (Å²) in [5.74, 6) is -3.09. The number of nitrogens with one attached hydrogen (secondary N) is 2. The summed E-state index contributed by atoms with van der Waals surface area (Å²) in [6.07, 6.45) is 0.769. The number of aliphatic carboxylic acids is 2. The van der Waals surface area contributed by atoms with E-state index in [0.717, 1.165) is 0 Å². The maximum atomic E-state index is 9.41. The fourth-order valence-electron chi connectivity index (χ4n) is 4.76. The first-order valence-electron chi connectivity index (χ1n) is 14.7. The second kappa shape index (κ2) is 17.9. The normalized spacial score (nSPS) is 10.4. The van der Waals surface area contributed by atoms with Gasteiger partial charge in [-0.25, -0.2) is 9.80 Å². The molecular weight excluding hydrogens is 572 g/mol. The highest BCUT2D eigenvalue weighted by Crippen LogP contribution is 2.15. The van der Waals surface area contributed by atoms with Gasteiger partial charge in [0.25, 0.3) is 0 Å². The first-order chi connectivity index (χ1) is 22.5. The minimum absolute atomic E-state index is 0.384. The van der Waals surface area contributed by atoms with Crippen LogP contribution in [0.3, 0.4) is 0 Å². The van der Waals surface area contributed by atoms with Crippen LogP contribution in [0.2, 0.25) is 0 Å². The molecule has 6 heteroatoms. The minimum Gasteiger partial charge on any atom is -0.545 e. The number of para-hydroxylation sites is 6. The zero-order valence-corrected chi connectivity index (χ0v) is 25.1.